The highest BCUT2D eigenvalue weighted by atomic mass is 19.1. The minimum atomic E-state index is -0.181. The zero-order chi connectivity index (χ0) is 9.10. The van der Waals surface area contributed by atoms with Crippen LogP contribution in [0.5, 0.6) is 0 Å². The molecule has 1 heterocycles. The van der Waals surface area contributed by atoms with E-state index in [1.165, 1.54) is 18.6 Å². The summed E-state index contributed by atoms with van der Waals surface area (Å²) in [5.41, 5.74) is 1.10. The van der Waals surface area contributed by atoms with Gasteiger partial charge in [0, 0.05) is 6.61 Å². The summed E-state index contributed by atoms with van der Waals surface area (Å²) >= 11 is 0. The maximum absolute atomic E-state index is 12.6. The molecule has 1 aliphatic heterocycles. The molecule has 0 radical (unpaired) electrons. The first-order valence-electron chi connectivity index (χ1n) is 4.73. The van der Waals surface area contributed by atoms with Crippen molar-refractivity contribution in [2.24, 2.45) is 0 Å². The van der Waals surface area contributed by atoms with Crippen molar-refractivity contribution < 1.29 is 9.13 Å². The fraction of sp³-hybridized carbons (Fsp3) is 0.455. The SMILES string of the molecule is Fc1ccc([C@H]2CCCCO2)cc1. The van der Waals surface area contributed by atoms with E-state index in [1.807, 2.05) is 12.1 Å². The van der Waals surface area contributed by atoms with Gasteiger partial charge >= 0.3 is 0 Å². The van der Waals surface area contributed by atoms with Crippen LogP contribution in [-0.4, -0.2) is 6.61 Å². The Labute approximate surface area is 77.5 Å². The topological polar surface area (TPSA) is 9.23 Å². The molecule has 1 aromatic rings. The summed E-state index contributed by atoms with van der Waals surface area (Å²) in [6.45, 7) is 0.835. The van der Waals surface area contributed by atoms with Crippen LogP contribution in [0.15, 0.2) is 24.3 Å². The molecule has 1 aromatic carbocycles. The van der Waals surface area contributed by atoms with Crippen molar-refractivity contribution >= 4 is 0 Å². The Morgan fingerprint density at radius 3 is 2.54 bits per heavy atom. The second-order valence-electron chi connectivity index (χ2n) is 3.41. The fourth-order valence-corrected chi connectivity index (χ4v) is 1.68. The van der Waals surface area contributed by atoms with Crippen LogP contribution in [0.4, 0.5) is 4.39 Å². The smallest absolute Gasteiger partial charge is 0.123 e. The quantitative estimate of drug-likeness (QED) is 0.645. The molecule has 2 rings (SSSR count). The number of hydrogen-bond acceptors (Lipinski definition) is 1. The zero-order valence-corrected chi connectivity index (χ0v) is 7.50. The number of hydrogen-bond donors (Lipinski definition) is 0. The van der Waals surface area contributed by atoms with Crippen LogP contribution < -0.4 is 0 Å². The number of benzene rings is 1. The van der Waals surface area contributed by atoms with Gasteiger partial charge in [-0.25, -0.2) is 4.39 Å². The third-order valence-electron chi connectivity index (χ3n) is 2.42. The first-order valence-corrected chi connectivity index (χ1v) is 4.73. The lowest BCUT2D eigenvalue weighted by atomic mass is 10.0. The van der Waals surface area contributed by atoms with Crippen molar-refractivity contribution in [1.29, 1.82) is 0 Å². The minimum Gasteiger partial charge on any atom is -0.374 e. The van der Waals surface area contributed by atoms with E-state index in [9.17, 15) is 4.39 Å². The second kappa shape index (κ2) is 3.88. The van der Waals surface area contributed by atoms with Gasteiger partial charge in [0.1, 0.15) is 5.82 Å². The second-order valence-corrected chi connectivity index (χ2v) is 3.41. The predicted octanol–water partition coefficient (Wildman–Crippen LogP) is 3.07. The van der Waals surface area contributed by atoms with Crippen LogP contribution >= 0.6 is 0 Å². The highest BCUT2D eigenvalue weighted by Crippen LogP contribution is 2.27. The Morgan fingerprint density at radius 1 is 1.15 bits per heavy atom. The van der Waals surface area contributed by atoms with Crippen molar-refractivity contribution in [2.75, 3.05) is 6.61 Å². The molecule has 70 valence electrons. The summed E-state index contributed by atoms with van der Waals surface area (Å²) in [4.78, 5) is 0. The molecule has 0 aromatic heterocycles. The number of ether oxygens (including phenoxy) is 1. The van der Waals surface area contributed by atoms with Gasteiger partial charge in [0.2, 0.25) is 0 Å². The van der Waals surface area contributed by atoms with Crippen molar-refractivity contribution in [1.82, 2.24) is 0 Å². The molecule has 0 amide bonds. The molecule has 1 aliphatic rings. The van der Waals surface area contributed by atoms with Gasteiger partial charge in [-0.15, -0.1) is 0 Å². The number of rotatable bonds is 1. The highest BCUT2D eigenvalue weighted by molar-refractivity contribution is 5.18. The Balaban J connectivity index is 2.10. The zero-order valence-electron chi connectivity index (χ0n) is 7.50. The van der Waals surface area contributed by atoms with Crippen LogP contribution in [0.2, 0.25) is 0 Å². The van der Waals surface area contributed by atoms with Crippen LogP contribution in [-0.2, 0) is 4.74 Å². The van der Waals surface area contributed by atoms with Gasteiger partial charge in [-0.1, -0.05) is 12.1 Å². The van der Waals surface area contributed by atoms with Gasteiger partial charge in [-0.3, -0.25) is 0 Å². The lowest BCUT2D eigenvalue weighted by Gasteiger charge is -2.22. The summed E-state index contributed by atoms with van der Waals surface area (Å²) in [5.74, 6) is -0.181. The standard InChI is InChI=1S/C11H13FO/c12-10-6-4-9(5-7-10)11-3-1-2-8-13-11/h4-7,11H,1-3,8H2/t11-/m1/s1. The Bertz CT molecular complexity index is 262. The van der Waals surface area contributed by atoms with E-state index in [0.29, 0.717) is 0 Å². The van der Waals surface area contributed by atoms with Crippen LogP contribution in [0, 0.1) is 5.82 Å². The summed E-state index contributed by atoms with van der Waals surface area (Å²) in [5, 5.41) is 0. The monoisotopic (exact) mass is 180 g/mol. The van der Waals surface area contributed by atoms with Gasteiger partial charge in [0.15, 0.2) is 0 Å². The molecule has 0 aliphatic carbocycles. The van der Waals surface area contributed by atoms with Crippen molar-refractivity contribution in [3.8, 4) is 0 Å². The maximum atomic E-state index is 12.6. The van der Waals surface area contributed by atoms with Gasteiger partial charge in [-0.05, 0) is 37.0 Å². The van der Waals surface area contributed by atoms with Crippen LogP contribution in [0.1, 0.15) is 30.9 Å². The maximum Gasteiger partial charge on any atom is 0.123 e. The van der Waals surface area contributed by atoms with Crippen molar-refractivity contribution in [2.45, 2.75) is 25.4 Å². The summed E-state index contributed by atoms with van der Waals surface area (Å²) in [7, 11) is 0. The number of halogens is 1. The van der Waals surface area contributed by atoms with Crippen LogP contribution in [0.25, 0.3) is 0 Å². The third kappa shape index (κ3) is 2.07. The molecule has 1 saturated heterocycles. The Morgan fingerprint density at radius 2 is 1.92 bits per heavy atom. The van der Waals surface area contributed by atoms with E-state index in [4.69, 9.17) is 4.74 Å². The minimum absolute atomic E-state index is 0.181. The molecule has 1 atom stereocenters. The first kappa shape index (κ1) is 8.70. The van der Waals surface area contributed by atoms with Crippen molar-refractivity contribution in [3.63, 3.8) is 0 Å². The molecule has 0 N–H and O–H groups in total. The lowest BCUT2D eigenvalue weighted by molar-refractivity contribution is 0.0149. The van der Waals surface area contributed by atoms with E-state index < -0.39 is 0 Å². The fourth-order valence-electron chi connectivity index (χ4n) is 1.68. The summed E-state index contributed by atoms with van der Waals surface area (Å²) in [6, 6.07) is 6.61. The lowest BCUT2D eigenvalue weighted by Crippen LogP contribution is -2.11. The molecule has 2 heteroatoms. The normalized spacial score (nSPS) is 23.0. The average molecular weight is 180 g/mol. The average Bonchev–Trinajstić information content (AvgIpc) is 2.20. The molecular weight excluding hydrogens is 167 g/mol. The largest absolute Gasteiger partial charge is 0.374 e. The van der Waals surface area contributed by atoms with E-state index in [-0.39, 0.29) is 11.9 Å². The Hall–Kier alpha value is -0.890. The van der Waals surface area contributed by atoms with Gasteiger partial charge in [-0.2, -0.15) is 0 Å². The summed E-state index contributed by atoms with van der Waals surface area (Å²) < 4.78 is 18.2. The van der Waals surface area contributed by atoms with Crippen LogP contribution in [0.3, 0.4) is 0 Å². The van der Waals surface area contributed by atoms with E-state index in [0.717, 1.165) is 25.0 Å². The van der Waals surface area contributed by atoms with Crippen molar-refractivity contribution in [3.05, 3.63) is 35.6 Å². The molecule has 1 nitrogen and oxygen atoms in total. The predicted molar refractivity (Wildman–Crippen MR) is 48.9 cm³/mol. The molecule has 0 unspecified atom stereocenters. The third-order valence-corrected chi connectivity index (χ3v) is 2.42. The van der Waals surface area contributed by atoms with Gasteiger partial charge < -0.3 is 4.74 Å². The highest BCUT2D eigenvalue weighted by Gasteiger charge is 2.15. The Kier molecular flexibility index (Phi) is 2.60. The molecule has 1 fully saturated rings. The summed E-state index contributed by atoms with van der Waals surface area (Å²) in [6.07, 6.45) is 3.61. The van der Waals surface area contributed by atoms with Gasteiger partial charge in [0.25, 0.3) is 0 Å². The first-order chi connectivity index (χ1) is 6.36. The molecule has 13 heavy (non-hydrogen) atoms. The molecule has 0 bridgehead atoms. The van der Waals surface area contributed by atoms with E-state index in [2.05, 4.69) is 0 Å². The molecule has 0 saturated carbocycles. The van der Waals surface area contributed by atoms with E-state index >= 15 is 0 Å². The molecular formula is C11H13FO. The van der Waals surface area contributed by atoms with E-state index in [1.54, 1.807) is 0 Å². The van der Waals surface area contributed by atoms with Gasteiger partial charge in [0.05, 0.1) is 6.10 Å². The molecule has 0 spiro atoms.